The van der Waals surface area contributed by atoms with Crippen LogP contribution < -0.4 is 0 Å². The Kier molecular flexibility index (Phi) is 3.93. The van der Waals surface area contributed by atoms with Crippen LogP contribution in [-0.4, -0.2) is 32.1 Å². The van der Waals surface area contributed by atoms with Crippen LogP contribution in [0.4, 0.5) is 0 Å². The van der Waals surface area contributed by atoms with Gasteiger partial charge in [0.05, 0.1) is 30.6 Å². The van der Waals surface area contributed by atoms with Gasteiger partial charge in [-0.25, -0.2) is 4.98 Å². The van der Waals surface area contributed by atoms with Crippen molar-refractivity contribution >= 4 is 17.2 Å². The number of likely N-dealkylation sites (tertiary alicyclic amines) is 1. The molecule has 1 aliphatic rings. The first-order chi connectivity index (χ1) is 11.7. The third kappa shape index (κ3) is 2.87. The van der Waals surface area contributed by atoms with Gasteiger partial charge in [0.1, 0.15) is 0 Å². The maximum absolute atomic E-state index is 12.7. The molecule has 0 radical (unpaired) electrons. The molecule has 0 unspecified atom stereocenters. The van der Waals surface area contributed by atoms with Crippen LogP contribution in [0, 0.1) is 0 Å². The lowest BCUT2D eigenvalue weighted by molar-refractivity contribution is -0.131. The Morgan fingerprint density at radius 2 is 2.42 bits per heavy atom. The summed E-state index contributed by atoms with van der Waals surface area (Å²) in [5.74, 6) is 0.866. The normalized spacial score (nSPS) is 17.5. The highest BCUT2D eigenvalue weighted by Gasteiger charge is 2.31. The minimum atomic E-state index is 0.123. The third-order valence-corrected chi connectivity index (χ3v) is 5.20. The van der Waals surface area contributed by atoms with E-state index in [2.05, 4.69) is 10.1 Å². The standard InChI is InChI=1S/C17H18N4O2S/c1-20-10-12(9-18-20)14-4-2-6-21(14)16(22)8-13-11-24-17(19-13)15-5-3-7-23-15/h3,5,7,9-11,14H,2,4,6,8H2,1H3/t14-/m1/s1. The number of carbonyl (C=O) groups excluding carboxylic acids is 1. The van der Waals surface area contributed by atoms with E-state index >= 15 is 0 Å². The molecule has 0 saturated carbocycles. The molecule has 0 aliphatic carbocycles. The molecule has 1 atom stereocenters. The monoisotopic (exact) mass is 342 g/mol. The van der Waals surface area contributed by atoms with Crippen LogP contribution in [0.5, 0.6) is 0 Å². The lowest BCUT2D eigenvalue weighted by Crippen LogP contribution is -2.31. The zero-order chi connectivity index (χ0) is 16.5. The molecule has 0 aromatic carbocycles. The van der Waals surface area contributed by atoms with Crippen molar-refractivity contribution in [3.8, 4) is 10.8 Å². The van der Waals surface area contributed by atoms with Gasteiger partial charge in [-0.1, -0.05) is 0 Å². The first-order valence-corrected chi connectivity index (χ1v) is 8.85. The highest BCUT2D eigenvalue weighted by atomic mass is 32.1. The van der Waals surface area contributed by atoms with Gasteiger partial charge in [-0.2, -0.15) is 5.10 Å². The smallest absolute Gasteiger partial charge is 0.229 e. The van der Waals surface area contributed by atoms with E-state index in [4.69, 9.17) is 4.42 Å². The van der Waals surface area contributed by atoms with E-state index in [9.17, 15) is 4.79 Å². The van der Waals surface area contributed by atoms with Gasteiger partial charge in [0, 0.05) is 30.7 Å². The van der Waals surface area contributed by atoms with E-state index in [0.29, 0.717) is 6.42 Å². The quantitative estimate of drug-likeness (QED) is 0.731. The predicted octanol–water partition coefficient (Wildman–Crippen LogP) is 3.04. The van der Waals surface area contributed by atoms with Gasteiger partial charge in [-0.05, 0) is 25.0 Å². The molecular formula is C17H18N4O2S. The van der Waals surface area contributed by atoms with E-state index in [1.807, 2.05) is 41.9 Å². The molecule has 124 valence electrons. The molecule has 3 aromatic heterocycles. The largest absolute Gasteiger partial charge is 0.462 e. The molecule has 0 N–H and O–H groups in total. The van der Waals surface area contributed by atoms with Crippen molar-refractivity contribution in [2.45, 2.75) is 25.3 Å². The number of amides is 1. The number of hydrogen-bond acceptors (Lipinski definition) is 5. The minimum absolute atomic E-state index is 0.123. The van der Waals surface area contributed by atoms with Crippen LogP contribution >= 0.6 is 11.3 Å². The lowest BCUT2D eigenvalue weighted by Gasteiger charge is -2.23. The Morgan fingerprint density at radius 3 is 3.17 bits per heavy atom. The van der Waals surface area contributed by atoms with E-state index in [1.54, 1.807) is 10.9 Å². The van der Waals surface area contributed by atoms with Crippen LogP contribution in [-0.2, 0) is 18.3 Å². The number of nitrogens with zero attached hydrogens (tertiary/aromatic N) is 4. The SMILES string of the molecule is Cn1cc([C@H]2CCCN2C(=O)Cc2csc(-c3ccco3)n2)cn1. The Morgan fingerprint density at radius 1 is 1.50 bits per heavy atom. The molecule has 24 heavy (non-hydrogen) atoms. The van der Waals surface area contributed by atoms with Crippen molar-refractivity contribution in [1.82, 2.24) is 19.7 Å². The zero-order valence-corrected chi connectivity index (χ0v) is 14.2. The van der Waals surface area contributed by atoms with Gasteiger partial charge in [0.25, 0.3) is 0 Å². The minimum Gasteiger partial charge on any atom is -0.462 e. The highest BCUT2D eigenvalue weighted by Crippen LogP contribution is 2.32. The van der Waals surface area contributed by atoms with Crippen molar-refractivity contribution in [1.29, 1.82) is 0 Å². The van der Waals surface area contributed by atoms with E-state index in [1.165, 1.54) is 11.3 Å². The number of furan rings is 1. The maximum Gasteiger partial charge on any atom is 0.229 e. The van der Waals surface area contributed by atoms with Crippen molar-refractivity contribution in [2.75, 3.05) is 6.54 Å². The van der Waals surface area contributed by atoms with E-state index in [-0.39, 0.29) is 11.9 Å². The number of thiazole rings is 1. The summed E-state index contributed by atoms with van der Waals surface area (Å²) in [7, 11) is 1.90. The molecule has 3 aromatic rings. The fourth-order valence-electron chi connectivity index (χ4n) is 3.18. The average Bonchev–Trinajstić information content (AvgIpc) is 3.34. The van der Waals surface area contributed by atoms with Crippen molar-refractivity contribution in [3.63, 3.8) is 0 Å². The summed E-state index contributed by atoms with van der Waals surface area (Å²) >= 11 is 1.50. The van der Waals surface area contributed by atoms with Gasteiger partial charge < -0.3 is 9.32 Å². The Hall–Kier alpha value is -2.41. The summed E-state index contributed by atoms with van der Waals surface area (Å²) in [5, 5.41) is 6.98. The van der Waals surface area contributed by atoms with E-state index in [0.717, 1.165) is 41.4 Å². The fraction of sp³-hybridized carbons (Fsp3) is 0.353. The zero-order valence-electron chi connectivity index (χ0n) is 13.4. The third-order valence-electron chi connectivity index (χ3n) is 4.30. The van der Waals surface area contributed by atoms with Gasteiger partial charge in [0.2, 0.25) is 5.91 Å². The molecule has 1 fully saturated rings. The summed E-state index contributed by atoms with van der Waals surface area (Å²) in [5.41, 5.74) is 1.91. The van der Waals surface area contributed by atoms with Crippen LogP contribution in [0.1, 0.15) is 30.1 Å². The Bertz CT molecular complexity index is 837. The van der Waals surface area contributed by atoms with Gasteiger partial charge in [0.15, 0.2) is 10.8 Å². The summed E-state index contributed by atoms with van der Waals surface area (Å²) in [4.78, 5) is 19.2. The average molecular weight is 342 g/mol. The number of hydrogen-bond donors (Lipinski definition) is 0. The molecule has 4 rings (SSSR count). The molecule has 1 saturated heterocycles. The lowest BCUT2D eigenvalue weighted by atomic mass is 10.1. The summed E-state index contributed by atoms with van der Waals surface area (Å²) < 4.78 is 7.14. The Labute approximate surface area is 143 Å². The van der Waals surface area contributed by atoms with Crippen LogP contribution in [0.15, 0.2) is 40.6 Å². The summed E-state index contributed by atoms with van der Waals surface area (Å²) in [6, 6.07) is 3.85. The maximum atomic E-state index is 12.7. The van der Waals surface area contributed by atoms with Gasteiger partial charge in [-0.15, -0.1) is 11.3 Å². The molecule has 1 amide bonds. The Balaban J connectivity index is 1.47. The number of carbonyl (C=O) groups is 1. The van der Waals surface area contributed by atoms with Crippen molar-refractivity contribution in [2.24, 2.45) is 7.05 Å². The molecule has 0 bridgehead atoms. The van der Waals surface area contributed by atoms with Crippen LogP contribution in [0.2, 0.25) is 0 Å². The molecule has 4 heterocycles. The van der Waals surface area contributed by atoms with E-state index < -0.39 is 0 Å². The molecule has 1 aliphatic heterocycles. The summed E-state index contributed by atoms with van der Waals surface area (Å²) in [6.45, 7) is 0.799. The second-order valence-corrected chi connectivity index (χ2v) is 6.85. The number of rotatable bonds is 4. The van der Waals surface area contributed by atoms with Crippen molar-refractivity contribution in [3.05, 3.63) is 47.4 Å². The molecule has 7 heteroatoms. The fourth-order valence-corrected chi connectivity index (χ4v) is 3.97. The second kappa shape index (κ2) is 6.24. The first-order valence-electron chi connectivity index (χ1n) is 7.97. The van der Waals surface area contributed by atoms with Gasteiger partial charge >= 0.3 is 0 Å². The predicted molar refractivity (Wildman–Crippen MR) is 90.4 cm³/mol. The first kappa shape index (κ1) is 15.1. The topological polar surface area (TPSA) is 64.2 Å². The van der Waals surface area contributed by atoms with Gasteiger partial charge in [-0.3, -0.25) is 9.48 Å². The van der Waals surface area contributed by atoms with Crippen LogP contribution in [0.3, 0.4) is 0 Å². The van der Waals surface area contributed by atoms with Crippen LogP contribution in [0.25, 0.3) is 10.8 Å². The number of aryl methyl sites for hydroxylation is 1. The summed E-state index contributed by atoms with van der Waals surface area (Å²) in [6.07, 6.45) is 7.83. The highest BCUT2D eigenvalue weighted by molar-refractivity contribution is 7.13. The van der Waals surface area contributed by atoms with Crippen molar-refractivity contribution < 1.29 is 9.21 Å². The number of aromatic nitrogens is 3. The molecular weight excluding hydrogens is 324 g/mol. The molecule has 6 nitrogen and oxygen atoms in total. The second-order valence-electron chi connectivity index (χ2n) is 5.99. The molecule has 0 spiro atoms.